The molecular formula is C15H20F2N2O. The average molecular weight is 282 g/mol. The van der Waals surface area contributed by atoms with Crippen LogP contribution in [0.2, 0.25) is 0 Å². The zero-order chi connectivity index (χ0) is 14.9. The Balaban J connectivity index is 2.19. The Kier molecular flexibility index (Phi) is 4.09. The minimum absolute atomic E-state index is 0.0528. The molecule has 0 saturated carbocycles. The summed E-state index contributed by atoms with van der Waals surface area (Å²) in [6.07, 6.45) is 0.310. The molecule has 20 heavy (non-hydrogen) atoms. The van der Waals surface area contributed by atoms with Crippen LogP contribution in [0.5, 0.6) is 0 Å². The van der Waals surface area contributed by atoms with Gasteiger partial charge in [0.2, 0.25) is 5.91 Å². The maximum absolute atomic E-state index is 13.9. The van der Waals surface area contributed by atoms with Gasteiger partial charge >= 0.3 is 0 Å². The molecule has 110 valence electrons. The van der Waals surface area contributed by atoms with Crippen molar-refractivity contribution in [2.75, 3.05) is 13.1 Å². The van der Waals surface area contributed by atoms with E-state index in [9.17, 15) is 13.6 Å². The standard InChI is InChI=1S/C15H20F2N2O/c1-15(2,3)6-7-19-13(20)9-18-14(19)11-5-4-10(16)8-12(11)17/h4-5,8,14,18H,6-7,9H2,1-3H3. The SMILES string of the molecule is CC(C)(C)CCN1C(=O)CNC1c1ccc(F)cc1F. The lowest BCUT2D eigenvalue weighted by Crippen LogP contribution is -2.33. The van der Waals surface area contributed by atoms with Crippen LogP contribution in [-0.4, -0.2) is 23.9 Å². The molecule has 2 rings (SSSR count). The molecule has 1 atom stereocenters. The number of halogens is 2. The minimum Gasteiger partial charge on any atom is -0.322 e. The number of rotatable bonds is 3. The molecule has 1 aromatic carbocycles. The van der Waals surface area contributed by atoms with Crippen LogP contribution in [0, 0.1) is 17.0 Å². The summed E-state index contributed by atoms with van der Waals surface area (Å²) in [5.74, 6) is -1.29. The Morgan fingerprint density at radius 2 is 2.05 bits per heavy atom. The highest BCUT2D eigenvalue weighted by molar-refractivity contribution is 5.80. The van der Waals surface area contributed by atoms with Crippen LogP contribution < -0.4 is 5.32 Å². The summed E-state index contributed by atoms with van der Waals surface area (Å²) in [5, 5.41) is 2.98. The van der Waals surface area contributed by atoms with Gasteiger partial charge in [0, 0.05) is 18.2 Å². The molecule has 1 aromatic rings. The number of carbonyl (C=O) groups is 1. The molecule has 0 radical (unpaired) electrons. The second-order valence-electron chi connectivity index (χ2n) is 6.35. The van der Waals surface area contributed by atoms with E-state index in [-0.39, 0.29) is 17.9 Å². The van der Waals surface area contributed by atoms with E-state index in [1.807, 2.05) is 0 Å². The van der Waals surface area contributed by atoms with Crippen LogP contribution in [0.1, 0.15) is 38.9 Å². The van der Waals surface area contributed by atoms with Crippen LogP contribution in [-0.2, 0) is 4.79 Å². The number of benzene rings is 1. The zero-order valence-electron chi connectivity index (χ0n) is 12.0. The van der Waals surface area contributed by atoms with E-state index in [0.29, 0.717) is 12.1 Å². The molecule has 1 amide bonds. The Hall–Kier alpha value is -1.49. The summed E-state index contributed by atoms with van der Waals surface area (Å²) in [6, 6.07) is 3.46. The Morgan fingerprint density at radius 3 is 2.65 bits per heavy atom. The van der Waals surface area contributed by atoms with Gasteiger partial charge in [-0.1, -0.05) is 20.8 Å². The first-order valence-electron chi connectivity index (χ1n) is 6.76. The van der Waals surface area contributed by atoms with Crippen molar-refractivity contribution in [3.8, 4) is 0 Å². The number of nitrogens with zero attached hydrogens (tertiary/aromatic N) is 1. The van der Waals surface area contributed by atoms with Gasteiger partial charge in [0.1, 0.15) is 17.8 Å². The summed E-state index contributed by atoms with van der Waals surface area (Å²) in [7, 11) is 0. The van der Waals surface area contributed by atoms with E-state index in [1.54, 1.807) is 4.90 Å². The molecule has 1 aliphatic heterocycles. The summed E-state index contributed by atoms with van der Waals surface area (Å²) in [4.78, 5) is 13.5. The third kappa shape index (κ3) is 3.33. The van der Waals surface area contributed by atoms with Crippen LogP contribution in [0.15, 0.2) is 18.2 Å². The van der Waals surface area contributed by atoms with Gasteiger partial charge in [-0.2, -0.15) is 0 Å². The molecule has 0 aliphatic carbocycles. The van der Waals surface area contributed by atoms with E-state index in [1.165, 1.54) is 12.1 Å². The van der Waals surface area contributed by atoms with Crippen LogP contribution in [0.25, 0.3) is 0 Å². The van der Waals surface area contributed by atoms with Gasteiger partial charge in [-0.15, -0.1) is 0 Å². The molecule has 1 aliphatic rings. The highest BCUT2D eigenvalue weighted by atomic mass is 19.1. The van der Waals surface area contributed by atoms with E-state index >= 15 is 0 Å². The van der Waals surface area contributed by atoms with Crippen LogP contribution in [0.4, 0.5) is 8.78 Å². The van der Waals surface area contributed by atoms with Crippen molar-refractivity contribution in [1.29, 1.82) is 0 Å². The first-order chi connectivity index (χ1) is 9.28. The van der Waals surface area contributed by atoms with E-state index < -0.39 is 17.8 Å². The predicted octanol–water partition coefficient (Wildman–Crippen LogP) is 2.83. The number of amides is 1. The maximum atomic E-state index is 13.9. The quantitative estimate of drug-likeness (QED) is 0.924. The van der Waals surface area contributed by atoms with Crippen molar-refractivity contribution in [2.24, 2.45) is 5.41 Å². The largest absolute Gasteiger partial charge is 0.322 e. The first kappa shape index (κ1) is 14.9. The summed E-state index contributed by atoms with van der Waals surface area (Å²) in [6.45, 7) is 7.01. The molecule has 0 spiro atoms. The van der Waals surface area contributed by atoms with E-state index in [0.717, 1.165) is 12.5 Å². The molecule has 1 N–H and O–H groups in total. The average Bonchev–Trinajstić information content (AvgIpc) is 2.67. The number of hydrogen-bond acceptors (Lipinski definition) is 2. The van der Waals surface area contributed by atoms with Crippen molar-refractivity contribution < 1.29 is 13.6 Å². The van der Waals surface area contributed by atoms with Gasteiger partial charge in [-0.25, -0.2) is 8.78 Å². The van der Waals surface area contributed by atoms with Gasteiger partial charge in [0.25, 0.3) is 0 Å². The number of carbonyl (C=O) groups excluding carboxylic acids is 1. The van der Waals surface area contributed by atoms with Crippen LogP contribution >= 0.6 is 0 Å². The van der Waals surface area contributed by atoms with Crippen molar-refractivity contribution in [2.45, 2.75) is 33.4 Å². The Morgan fingerprint density at radius 1 is 1.35 bits per heavy atom. The zero-order valence-corrected chi connectivity index (χ0v) is 12.0. The molecule has 3 nitrogen and oxygen atoms in total. The normalized spacial score (nSPS) is 19.8. The van der Waals surface area contributed by atoms with E-state index in [4.69, 9.17) is 0 Å². The molecule has 0 aromatic heterocycles. The Labute approximate surface area is 118 Å². The fraction of sp³-hybridized carbons (Fsp3) is 0.533. The molecule has 1 heterocycles. The number of hydrogen-bond donors (Lipinski definition) is 1. The van der Waals surface area contributed by atoms with Gasteiger partial charge in [0.15, 0.2) is 0 Å². The van der Waals surface area contributed by atoms with Crippen molar-refractivity contribution >= 4 is 5.91 Å². The molecule has 1 fully saturated rings. The van der Waals surface area contributed by atoms with E-state index in [2.05, 4.69) is 26.1 Å². The van der Waals surface area contributed by atoms with Crippen molar-refractivity contribution in [3.63, 3.8) is 0 Å². The van der Waals surface area contributed by atoms with Crippen LogP contribution in [0.3, 0.4) is 0 Å². The minimum atomic E-state index is -0.627. The molecule has 1 saturated heterocycles. The first-order valence-corrected chi connectivity index (χ1v) is 6.76. The lowest BCUT2D eigenvalue weighted by molar-refractivity contribution is -0.128. The Bertz CT molecular complexity index is 511. The third-order valence-corrected chi connectivity index (χ3v) is 3.44. The number of nitrogens with one attached hydrogen (secondary N) is 1. The third-order valence-electron chi connectivity index (χ3n) is 3.44. The molecular weight excluding hydrogens is 262 g/mol. The topological polar surface area (TPSA) is 32.3 Å². The molecule has 5 heteroatoms. The monoisotopic (exact) mass is 282 g/mol. The van der Waals surface area contributed by atoms with Gasteiger partial charge in [-0.05, 0) is 24.0 Å². The smallest absolute Gasteiger partial charge is 0.238 e. The predicted molar refractivity (Wildman–Crippen MR) is 72.9 cm³/mol. The fourth-order valence-electron chi connectivity index (χ4n) is 2.25. The summed E-state index contributed by atoms with van der Waals surface area (Å²) in [5.41, 5.74) is 0.403. The molecule has 0 bridgehead atoms. The second-order valence-corrected chi connectivity index (χ2v) is 6.35. The highest BCUT2D eigenvalue weighted by Crippen LogP contribution is 2.28. The van der Waals surface area contributed by atoms with Crippen molar-refractivity contribution in [3.05, 3.63) is 35.4 Å². The fourth-order valence-corrected chi connectivity index (χ4v) is 2.25. The lowest BCUT2D eigenvalue weighted by atomic mass is 9.92. The van der Waals surface area contributed by atoms with Crippen molar-refractivity contribution in [1.82, 2.24) is 10.2 Å². The van der Waals surface area contributed by atoms with Gasteiger partial charge in [-0.3, -0.25) is 10.1 Å². The van der Waals surface area contributed by atoms with Gasteiger partial charge < -0.3 is 4.90 Å². The second kappa shape index (κ2) is 5.48. The molecule has 1 unspecified atom stereocenters. The highest BCUT2D eigenvalue weighted by Gasteiger charge is 2.33. The summed E-state index contributed by atoms with van der Waals surface area (Å²) >= 11 is 0. The lowest BCUT2D eigenvalue weighted by Gasteiger charge is -2.28. The van der Waals surface area contributed by atoms with Gasteiger partial charge in [0.05, 0.1) is 6.54 Å². The summed E-state index contributed by atoms with van der Waals surface area (Å²) < 4.78 is 26.8. The maximum Gasteiger partial charge on any atom is 0.238 e.